The van der Waals surface area contributed by atoms with Gasteiger partial charge in [-0.1, -0.05) is 6.07 Å². The third-order valence-electron chi connectivity index (χ3n) is 4.10. The number of nitrogen functional groups attached to an aromatic ring is 1. The normalized spacial score (nSPS) is 19.3. The Labute approximate surface area is 138 Å². The van der Waals surface area contributed by atoms with Gasteiger partial charge < -0.3 is 24.8 Å². The van der Waals surface area contributed by atoms with Crippen molar-refractivity contribution in [3.05, 3.63) is 47.7 Å². The van der Waals surface area contributed by atoms with Crippen molar-refractivity contribution in [3.8, 4) is 11.5 Å². The van der Waals surface area contributed by atoms with Crippen LogP contribution in [0.25, 0.3) is 0 Å². The van der Waals surface area contributed by atoms with Crippen molar-refractivity contribution in [3.63, 3.8) is 0 Å². The van der Waals surface area contributed by atoms with Crippen LogP contribution in [-0.2, 0) is 4.74 Å². The van der Waals surface area contributed by atoms with E-state index in [-0.39, 0.29) is 18.8 Å². The maximum Gasteiger partial charge on any atom is 0.254 e. The van der Waals surface area contributed by atoms with Gasteiger partial charge in [0.15, 0.2) is 11.5 Å². The maximum atomic E-state index is 12.8. The smallest absolute Gasteiger partial charge is 0.254 e. The van der Waals surface area contributed by atoms with Gasteiger partial charge in [0.1, 0.15) is 11.9 Å². The monoisotopic (exact) mass is 327 g/mol. The Morgan fingerprint density at radius 3 is 2.96 bits per heavy atom. The number of ether oxygens (including phenoxy) is 3. The highest BCUT2D eigenvalue weighted by Crippen LogP contribution is 2.33. The molecule has 1 atom stereocenters. The summed E-state index contributed by atoms with van der Waals surface area (Å²) in [7, 11) is 0. The highest BCUT2D eigenvalue weighted by Gasteiger charge is 2.28. The number of aromatic nitrogens is 1. The molecule has 0 spiro atoms. The number of hydrogen-bond acceptors (Lipinski definition) is 6. The number of anilines is 1. The van der Waals surface area contributed by atoms with Gasteiger partial charge in [-0.3, -0.25) is 4.79 Å². The maximum absolute atomic E-state index is 12.8. The molecule has 0 aliphatic carbocycles. The second-order valence-electron chi connectivity index (χ2n) is 5.67. The molecule has 1 amide bonds. The molecule has 7 heteroatoms. The molecule has 2 aliphatic rings. The predicted molar refractivity (Wildman–Crippen MR) is 85.8 cm³/mol. The lowest BCUT2D eigenvalue weighted by Crippen LogP contribution is -2.42. The Morgan fingerprint density at radius 1 is 1.21 bits per heavy atom. The molecule has 4 rings (SSSR count). The molecule has 1 aromatic carbocycles. The van der Waals surface area contributed by atoms with Gasteiger partial charge in [0.25, 0.3) is 5.91 Å². The first kappa shape index (κ1) is 14.8. The number of benzene rings is 1. The third-order valence-corrected chi connectivity index (χ3v) is 4.10. The van der Waals surface area contributed by atoms with Crippen molar-refractivity contribution >= 4 is 11.7 Å². The molecule has 2 aromatic rings. The zero-order chi connectivity index (χ0) is 16.5. The topological polar surface area (TPSA) is 86.9 Å². The van der Waals surface area contributed by atoms with Gasteiger partial charge in [-0.15, -0.1) is 0 Å². The molecule has 1 aromatic heterocycles. The van der Waals surface area contributed by atoms with E-state index in [0.29, 0.717) is 42.6 Å². The molecule has 24 heavy (non-hydrogen) atoms. The fourth-order valence-electron chi connectivity index (χ4n) is 2.87. The number of morpholine rings is 1. The first-order chi connectivity index (χ1) is 11.7. The van der Waals surface area contributed by atoms with Crippen LogP contribution in [0.5, 0.6) is 11.5 Å². The van der Waals surface area contributed by atoms with E-state index in [9.17, 15) is 4.79 Å². The summed E-state index contributed by atoms with van der Waals surface area (Å²) in [6.07, 6.45) is -0.278. The van der Waals surface area contributed by atoms with E-state index >= 15 is 0 Å². The van der Waals surface area contributed by atoms with Crippen LogP contribution >= 0.6 is 0 Å². The SMILES string of the molecule is Nc1cccc([C@@H]2CN(C(=O)c3ccc4c(c3)OCO4)CCO2)n1. The zero-order valence-electron chi connectivity index (χ0n) is 13.0. The van der Waals surface area contributed by atoms with E-state index in [1.54, 1.807) is 29.2 Å². The minimum Gasteiger partial charge on any atom is -0.454 e. The van der Waals surface area contributed by atoms with Crippen molar-refractivity contribution in [2.75, 3.05) is 32.2 Å². The predicted octanol–water partition coefficient (Wildman–Crippen LogP) is 1.61. The highest BCUT2D eigenvalue weighted by atomic mass is 16.7. The third kappa shape index (κ3) is 2.74. The molecule has 0 unspecified atom stereocenters. The largest absolute Gasteiger partial charge is 0.454 e. The molecule has 1 fully saturated rings. The number of pyridine rings is 1. The second kappa shape index (κ2) is 6.01. The van der Waals surface area contributed by atoms with Crippen molar-refractivity contribution in [2.45, 2.75) is 6.10 Å². The highest BCUT2D eigenvalue weighted by molar-refractivity contribution is 5.95. The quantitative estimate of drug-likeness (QED) is 0.902. The molecule has 124 valence electrons. The number of carbonyl (C=O) groups is 1. The lowest BCUT2D eigenvalue weighted by atomic mass is 10.1. The van der Waals surface area contributed by atoms with Crippen LogP contribution in [0.4, 0.5) is 5.82 Å². The van der Waals surface area contributed by atoms with Crippen LogP contribution in [0, 0.1) is 0 Å². The van der Waals surface area contributed by atoms with E-state index in [4.69, 9.17) is 19.9 Å². The molecule has 0 bridgehead atoms. The van der Waals surface area contributed by atoms with E-state index in [1.807, 2.05) is 12.1 Å². The average Bonchev–Trinajstić information content (AvgIpc) is 3.09. The lowest BCUT2D eigenvalue weighted by Gasteiger charge is -2.32. The van der Waals surface area contributed by atoms with Gasteiger partial charge in [0.05, 0.1) is 18.8 Å². The number of nitrogens with zero attached hydrogens (tertiary/aromatic N) is 2. The molecule has 0 saturated carbocycles. The summed E-state index contributed by atoms with van der Waals surface area (Å²) in [4.78, 5) is 18.8. The second-order valence-corrected chi connectivity index (χ2v) is 5.67. The first-order valence-electron chi connectivity index (χ1n) is 7.74. The summed E-state index contributed by atoms with van der Waals surface area (Å²) in [5.41, 5.74) is 7.03. The first-order valence-corrected chi connectivity index (χ1v) is 7.74. The Kier molecular flexibility index (Phi) is 3.70. The van der Waals surface area contributed by atoms with Crippen molar-refractivity contribution in [1.82, 2.24) is 9.88 Å². The van der Waals surface area contributed by atoms with Gasteiger partial charge >= 0.3 is 0 Å². The average molecular weight is 327 g/mol. The summed E-state index contributed by atoms with van der Waals surface area (Å²) < 4.78 is 16.4. The fraction of sp³-hybridized carbons (Fsp3) is 0.294. The molecule has 7 nitrogen and oxygen atoms in total. The van der Waals surface area contributed by atoms with Gasteiger partial charge in [-0.25, -0.2) is 4.98 Å². The van der Waals surface area contributed by atoms with E-state index in [1.165, 1.54) is 0 Å². The number of rotatable bonds is 2. The number of fused-ring (bicyclic) bond motifs is 1. The van der Waals surface area contributed by atoms with E-state index < -0.39 is 0 Å². The van der Waals surface area contributed by atoms with Crippen LogP contribution in [0.3, 0.4) is 0 Å². The Hall–Kier alpha value is -2.80. The van der Waals surface area contributed by atoms with Crippen molar-refractivity contribution in [2.24, 2.45) is 0 Å². The molecule has 0 radical (unpaired) electrons. The van der Waals surface area contributed by atoms with Crippen molar-refractivity contribution < 1.29 is 19.0 Å². The summed E-state index contributed by atoms with van der Waals surface area (Å²) in [5, 5.41) is 0. The van der Waals surface area contributed by atoms with E-state index in [2.05, 4.69) is 4.98 Å². The van der Waals surface area contributed by atoms with E-state index in [0.717, 1.165) is 5.69 Å². The van der Waals surface area contributed by atoms with Gasteiger partial charge in [-0.2, -0.15) is 0 Å². The standard InChI is InChI=1S/C17H17N3O4/c18-16-3-1-2-12(19-16)15-9-20(6-7-22-15)17(21)11-4-5-13-14(8-11)24-10-23-13/h1-5,8,15H,6-7,9-10H2,(H2,18,19)/t15-/m0/s1. The Bertz CT molecular complexity index is 780. The summed E-state index contributed by atoms with van der Waals surface area (Å²) in [5.74, 6) is 1.64. The van der Waals surface area contributed by atoms with Gasteiger partial charge in [-0.05, 0) is 30.3 Å². The lowest BCUT2D eigenvalue weighted by molar-refractivity contribution is -0.0246. The summed E-state index contributed by atoms with van der Waals surface area (Å²) in [6.45, 7) is 1.61. The fourth-order valence-corrected chi connectivity index (χ4v) is 2.87. The van der Waals surface area contributed by atoms with Crippen LogP contribution in [0.2, 0.25) is 0 Å². The summed E-state index contributed by atoms with van der Waals surface area (Å²) in [6, 6.07) is 10.6. The molecule has 3 heterocycles. The minimum atomic E-state index is -0.278. The molecular formula is C17H17N3O4. The number of carbonyl (C=O) groups excluding carboxylic acids is 1. The van der Waals surface area contributed by atoms with Crippen molar-refractivity contribution in [1.29, 1.82) is 0 Å². The molecule has 2 N–H and O–H groups in total. The number of hydrogen-bond donors (Lipinski definition) is 1. The minimum absolute atomic E-state index is 0.0643. The number of nitrogens with two attached hydrogens (primary N) is 1. The molecular weight excluding hydrogens is 310 g/mol. The molecule has 2 aliphatic heterocycles. The zero-order valence-corrected chi connectivity index (χ0v) is 13.0. The summed E-state index contributed by atoms with van der Waals surface area (Å²) >= 11 is 0. The number of amides is 1. The Morgan fingerprint density at radius 2 is 2.08 bits per heavy atom. The molecule has 1 saturated heterocycles. The van der Waals surface area contributed by atoms with Gasteiger partial charge in [0.2, 0.25) is 6.79 Å². The van der Waals surface area contributed by atoms with Crippen LogP contribution in [0.1, 0.15) is 22.2 Å². The van der Waals surface area contributed by atoms with Crippen LogP contribution in [0.15, 0.2) is 36.4 Å². The van der Waals surface area contributed by atoms with Crippen LogP contribution in [-0.4, -0.2) is 42.3 Å². The Balaban J connectivity index is 1.52. The van der Waals surface area contributed by atoms with Gasteiger partial charge in [0, 0.05) is 12.1 Å². The van der Waals surface area contributed by atoms with Crippen LogP contribution < -0.4 is 15.2 Å².